The van der Waals surface area contributed by atoms with Crippen LogP contribution in [0.3, 0.4) is 0 Å². The Morgan fingerprint density at radius 3 is 2.62 bits per heavy atom. The highest BCUT2D eigenvalue weighted by Gasteiger charge is 2.17. The van der Waals surface area contributed by atoms with Gasteiger partial charge in [0.05, 0.1) is 4.92 Å². The lowest BCUT2D eigenvalue weighted by atomic mass is 9.92. The summed E-state index contributed by atoms with van der Waals surface area (Å²) < 4.78 is 0.748. The van der Waals surface area contributed by atoms with E-state index in [0.29, 0.717) is 0 Å². The third-order valence-corrected chi connectivity index (χ3v) is 3.49. The molecule has 1 aromatic carbocycles. The molecule has 1 rings (SSSR count). The van der Waals surface area contributed by atoms with E-state index in [1.165, 1.54) is 12.1 Å². The van der Waals surface area contributed by atoms with Crippen molar-refractivity contribution in [2.75, 3.05) is 0 Å². The van der Waals surface area contributed by atoms with Crippen molar-refractivity contribution >= 4 is 21.6 Å². The molecule has 0 spiro atoms. The Bertz CT molecular complexity index is 396. The first-order chi connectivity index (χ1) is 7.47. The topological polar surface area (TPSA) is 69.2 Å². The number of nitro benzene ring substituents is 1. The van der Waals surface area contributed by atoms with Gasteiger partial charge in [0, 0.05) is 22.6 Å². The Labute approximate surface area is 103 Å². The number of non-ortho nitro benzene ring substituents is 1. The van der Waals surface area contributed by atoms with Gasteiger partial charge in [-0.25, -0.2) is 0 Å². The summed E-state index contributed by atoms with van der Waals surface area (Å²) >= 11 is 3.35. The Balaban J connectivity index is 3.03. The van der Waals surface area contributed by atoms with Crippen LogP contribution in [0.15, 0.2) is 22.7 Å². The monoisotopic (exact) mass is 286 g/mol. The second-order valence-electron chi connectivity index (χ2n) is 3.82. The van der Waals surface area contributed by atoms with Crippen molar-refractivity contribution in [1.29, 1.82) is 0 Å². The highest BCUT2D eigenvalue weighted by molar-refractivity contribution is 9.10. The maximum atomic E-state index is 10.6. The van der Waals surface area contributed by atoms with Crippen LogP contribution in [0, 0.1) is 10.1 Å². The van der Waals surface area contributed by atoms with Crippen LogP contribution >= 0.6 is 15.9 Å². The van der Waals surface area contributed by atoms with Crippen molar-refractivity contribution in [3.05, 3.63) is 38.3 Å². The lowest BCUT2D eigenvalue weighted by Crippen LogP contribution is -2.25. The van der Waals surface area contributed by atoms with Gasteiger partial charge in [0.2, 0.25) is 0 Å². The van der Waals surface area contributed by atoms with Crippen LogP contribution in [0.5, 0.6) is 0 Å². The highest BCUT2D eigenvalue weighted by atomic mass is 79.9. The number of nitrogens with zero attached hydrogens (tertiary/aromatic N) is 1. The molecule has 0 fully saturated rings. The van der Waals surface area contributed by atoms with Crippen molar-refractivity contribution in [2.24, 2.45) is 5.73 Å². The maximum absolute atomic E-state index is 10.6. The molecule has 0 radical (unpaired) electrons. The molecule has 88 valence electrons. The number of benzene rings is 1. The minimum Gasteiger partial charge on any atom is -0.327 e. The lowest BCUT2D eigenvalue weighted by Gasteiger charge is -2.19. The molecule has 5 heteroatoms. The normalized spacial score (nSPS) is 14.5. The summed E-state index contributed by atoms with van der Waals surface area (Å²) in [4.78, 5) is 10.2. The van der Waals surface area contributed by atoms with Crippen LogP contribution in [0.25, 0.3) is 0 Å². The minimum absolute atomic E-state index is 0.0674. The lowest BCUT2D eigenvalue weighted by molar-refractivity contribution is -0.384. The van der Waals surface area contributed by atoms with Crippen molar-refractivity contribution < 1.29 is 4.92 Å². The standard InChI is InChI=1S/C11H15BrN2O2/c1-3-11(13)7(2)9-5-4-8(14(15)16)6-10(9)12/h4-7,11H,3,13H2,1-2H3. The maximum Gasteiger partial charge on any atom is 0.270 e. The van der Waals surface area contributed by atoms with Crippen LogP contribution in [0.4, 0.5) is 5.69 Å². The van der Waals surface area contributed by atoms with E-state index >= 15 is 0 Å². The second kappa shape index (κ2) is 5.41. The van der Waals surface area contributed by atoms with Gasteiger partial charge < -0.3 is 5.73 Å². The van der Waals surface area contributed by atoms with E-state index < -0.39 is 4.92 Å². The van der Waals surface area contributed by atoms with E-state index in [4.69, 9.17) is 5.73 Å². The summed E-state index contributed by atoms with van der Waals surface area (Å²) in [6, 6.07) is 4.87. The molecule has 0 aliphatic carbocycles. The van der Waals surface area contributed by atoms with E-state index in [2.05, 4.69) is 15.9 Å². The first kappa shape index (κ1) is 13.1. The zero-order valence-corrected chi connectivity index (χ0v) is 10.9. The van der Waals surface area contributed by atoms with E-state index in [1.54, 1.807) is 6.07 Å². The average Bonchev–Trinajstić information content (AvgIpc) is 2.26. The molecule has 4 nitrogen and oxygen atoms in total. The van der Waals surface area contributed by atoms with E-state index in [-0.39, 0.29) is 17.6 Å². The Hall–Kier alpha value is -0.940. The first-order valence-electron chi connectivity index (χ1n) is 5.16. The SMILES string of the molecule is CCC(N)C(C)c1ccc([N+](=O)[O-])cc1Br. The Kier molecular flexibility index (Phi) is 4.44. The fourth-order valence-electron chi connectivity index (χ4n) is 1.58. The van der Waals surface area contributed by atoms with Gasteiger partial charge in [-0.2, -0.15) is 0 Å². The summed E-state index contributed by atoms with van der Waals surface area (Å²) in [6.07, 6.45) is 0.880. The van der Waals surface area contributed by atoms with Crippen LogP contribution < -0.4 is 5.73 Å². The van der Waals surface area contributed by atoms with E-state index in [9.17, 15) is 10.1 Å². The molecule has 0 heterocycles. The fraction of sp³-hybridized carbons (Fsp3) is 0.455. The quantitative estimate of drug-likeness (QED) is 0.683. The summed E-state index contributed by atoms with van der Waals surface area (Å²) in [5.74, 6) is 0.181. The van der Waals surface area contributed by atoms with Gasteiger partial charge in [-0.05, 0) is 17.9 Å². The molecule has 0 aliphatic heterocycles. The summed E-state index contributed by atoms with van der Waals surface area (Å²) in [5, 5.41) is 10.6. The summed E-state index contributed by atoms with van der Waals surface area (Å²) in [5.41, 5.74) is 7.07. The molecule has 0 bridgehead atoms. The van der Waals surface area contributed by atoms with Crippen molar-refractivity contribution in [1.82, 2.24) is 0 Å². The van der Waals surface area contributed by atoms with Gasteiger partial charge in [0.15, 0.2) is 0 Å². The smallest absolute Gasteiger partial charge is 0.270 e. The zero-order valence-electron chi connectivity index (χ0n) is 9.31. The van der Waals surface area contributed by atoms with Gasteiger partial charge >= 0.3 is 0 Å². The molecule has 0 aromatic heterocycles. The number of nitro groups is 1. The molecule has 0 saturated heterocycles. The fourth-order valence-corrected chi connectivity index (χ4v) is 2.31. The van der Waals surface area contributed by atoms with E-state index in [1.807, 2.05) is 13.8 Å². The number of hydrogen-bond donors (Lipinski definition) is 1. The first-order valence-corrected chi connectivity index (χ1v) is 5.96. The number of hydrogen-bond acceptors (Lipinski definition) is 3. The van der Waals surface area contributed by atoms with E-state index in [0.717, 1.165) is 16.5 Å². The summed E-state index contributed by atoms with van der Waals surface area (Å²) in [6.45, 7) is 4.06. The molecule has 2 atom stereocenters. The molecular formula is C11H15BrN2O2. The predicted molar refractivity (Wildman–Crippen MR) is 67.5 cm³/mol. The molecule has 0 amide bonds. The van der Waals surface area contributed by atoms with Gasteiger partial charge in [0.25, 0.3) is 5.69 Å². The molecular weight excluding hydrogens is 272 g/mol. The van der Waals surface area contributed by atoms with Gasteiger partial charge in [-0.1, -0.05) is 35.8 Å². The van der Waals surface area contributed by atoms with Crippen LogP contribution in [0.2, 0.25) is 0 Å². The number of nitrogens with two attached hydrogens (primary N) is 1. The largest absolute Gasteiger partial charge is 0.327 e. The van der Waals surface area contributed by atoms with Gasteiger partial charge in [-0.15, -0.1) is 0 Å². The predicted octanol–water partition coefficient (Wildman–Crippen LogP) is 3.20. The summed E-state index contributed by atoms with van der Waals surface area (Å²) in [7, 11) is 0. The zero-order chi connectivity index (χ0) is 12.3. The molecule has 2 N–H and O–H groups in total. The third-order valence-electron chi connectivity index (χ3n) is 2.80. The van der Waals surface area contributed by atoms with Gasteiger partial charge in [-0.3, -0.25) is 10.1 Å². The Morgan fingerprint density at radius 1 is 1.56 bits per heavy atom. The van der Waals surface area contributed by atoms with Crippen molar-refractivity contribution in [3.63, 3.8) is 0 Å². The Morgan fingerprint density at radius 2 is 2.19 bits per heavy atom. The third kappa shape index (κ3) is 2.80. The molecule has 2 unspecified atom stereocenters. The van der Waals surface area contributed by atoms with Crippen LogP contribution in [0.1, 0.15) is 31.7 Å². The average molecular weight is 287 g/mol. The molecule has 0 saturated carbocycles. The highest BCUT2D eigenvalue weighted by Crippen LogP contribution is 2.30. The minimum atomic E-state index is -0.404. The molecule has 16 heavy (non-hydrogen) atoms. The van der Waals surface area contributed by atoms with Crippen molar-refractivity contribution in [2.45, 2.75) is 32.2 Å². The van der Waals surface area contributed by atoms with Crippen LogP contribution in [-0.4, -0.2) is 11.0 Å². The van der Waals surface area contributed by atoms with Crippen LogP contribution in [-0.2, 0) is 0 Å². The molecule has 1 aromatic rings. The number of halogens is 1. The van der Waals surface area contributed by atoms with Gasteiger partial charge in [0.1, 0.15) is 0 Å². The number of rotatable bonds is 4. The molecule has 0 aliphatic rings. The second-order valence-corrected chi connectivity index (χ2v) is 4.68. The van der Waals surface area contributed by atoms with Crippen molar-refractivity contribution in [3.8, 4) is 0 Å².